The number of halogens is 5. The van der Waals surface area contributed by atoms with Crippen LogP contribution in [0.5, 0.6) is 0 Å². The molecule has 1 aliphatic heterocycles. The van der Waals surface area contributed by atoms with Gasteiger partial charge in [-0.2, -0.15) is 13.2 Å². The fourth-order valence-corrected chi connectivity index (χ4v) is 3.71. The van der Waals surface area contributed by atoms with Gasteiger partial charge in [-0.05, 0) is 61.5 Å². The highest BCUT2D eigenvalue weighted by Gasteiger charge is 2.33. The van der Waals surface area contributed by atoms with Crippen LogP contribution < -0.4 is 5.32 Å². The molecule has 0 atom stereocenters. The smallest absolute Gasteiger partial charge is 0.334 e. The summed E-state index contributed by atoms with van der Waals surface area (Å²) in [6, 6.07) is 11.4. The minimum Gasteiger partial charge on any atom is -0.334 e. The molecule has 2 aromatic carbocycles. The van der Waals surface area contributed by atoms with Crippen LogP contribution in [0.4, 0.5) is 13.2 Å². The second-order valence-corrected chi connectivity index (χ2v) is 7.96. The SMILES string of the molecule is CN(C)CCN(Cc1ccccc1C(F)(F)F)C(=O)/C=C/c1cccc2c1CCNC2.Cl.Cl. The van der Waals surface area contributed by atoms with Gasteiger partial charge in [0.2, 0.25) is 5.91 Å². The molecular formula is C24H30Cl2F3N3O. The molecule has 1 amide bonds. The van der Waals surface area contributed by atoms with E-state index in [1.807, 2.05) is 31.1 Å². The summed E-state index contributed by atoms with van der Waals surface area (Å²) < 4.78 is 40.2. The molecule has 0 radical (unpaired) electrons. The number of carbonyl (C=O) groups is 1. The van der Waals surface area contributed by atoms with Gasteiger partial charge in [-0.25, -0.2) is 0 Å². The maximum Gasteiger partial charge on any atom is 0.416 e. The first-order valence-electron chi connectivity index (χ1n) is 10.3. The zero-order valence-electron chi connectivity index (χ0n) is 18.7. The average molecular weight is 504 g/mol. The van der Waals surface area contributed by atoms with Gasteiger partial charge in [0.05, 0.1) is 5.56 Å². The lowest BCUT2D eigenvalue weighted by Gasteiger charge is -2.25. The highest BCUT2D eigenvalue weighted by Crippen LogP contribution is 2.32. The van der Waals surface area contributed by atoms with Crippen molar-refractivity contribution in [1.29, 1.82) is 0 Å². The molecule has 0 saturated carbocycles. The lowest BCUT2D eigenvalue weighted by atomic mass is 9.95. The van der Waals surface area contributed by atoms with E-state index in [4.69, 9.17) is 0 Å². The van der Waals surface area contributed by atoms with Crippen LogP contribution in [0.1, 0.15) is 27.8 Å². The molecule has 0 spiro atoms. The summed E-state index contributed by atoms with van der Waals surface area (Å²) in [5.74, 6) is -0.301. The largest absolute Gasteiger partial charge is 0.416 e. The van der Waals surface area contributed by atoms with Gasteiger partial charge in [0.25, 0.3) is 0 Å². The molecule has 0 aliphatic carbocycles. The highest BCUT2D eigenvalue weighted by molar-refractivity contribution is 5.92. The fourth-order valence-electron chi connectivity index (χ4n) is 3.71. The Morgan fingerprint density at radius 1 is 1.06 bits per heavy atom. The third kappa shape index (κ3) is 8.03. The number of nitrogens with one attached hydrogen (secondary N) is 1. The molecule has 0 saturated heterocycles. The second-order valence-electron chi connectivity index (χ2n) is 7.96. The van der Waals surface area contributed by atoms with Gasteiger partial charge in [0.1, 0.15) is 0 Å². The number of alkyl halides is 3. The zero-order chi connectivity index (χ0) is 22.4. The van der Waals surface area contributed by atoms with Crippen LogP contribution in [0, 0.1) is 0 Å². The summed E-state index contributed by atoms with van der Waals surface area (Å²) in [6.07, 6.45) is -0.318. The first-order chi connectivity index (χ1) is 14.8. The Balaban J connectivity index is 0.00000272. The maximum absolute atomic E-state index is 13.4. The second kappa shape index (κ2) is 13.0. The first kappa shape index (κ1) is 29.0. The Bertz CT molecular complexity index is 949. The van der Waals surface area contributed by atoms with Crippen molar-refractivity contribution in [2.24, 2.45) is 0 Å². The Morgan fingerprint density at radius 2 is 1.79 bits per heavy atom. The first-order valence-corrected chi connectivity index (χ1v) is 10.3. The van der Waals surface area contributed by atoms with Crippen LogP contribution in [-0.4, -0.2) is 49.4 Å². The molecule has 1 N–H and O–H groups in total. The average Bonchev–Trinajstić information content (AvgIpc) is 2.74. The number of likely N-dealkylation sites (N-methyl/N-ethyl adjacent to an activating group) is 1. The van der Waals surface area contributed by atoms with Crippen molar-refractivity contribution >= 4 is 36.8 Å². The van der Waals surface area contributed by atoms with E-state index in [1.54, 1.807) is 12.1 Å². The molecule has 33 heavy (non-hydrogen) atoms. The van der Waals surface area contributed by atoms with Gasteiger partial charge in [-0.3, -0.25) is 4.79 Å². The van der Waals surface area contributed by atoms with Gasteiger partial charge in [-0.15, -0.1) is 24.8 Å². The topological polar surface area (TPSA) is 35.6 Å². The zero-order valence-corrected chi connectivity index (χ0v) is 20.3. The van der Waals surface area contributed by atoms with Crippen molar-refractivity contribution in [2.75, 3.05) is 33.7 Å². The predicted molar refractivity (Wildman–Crippen MR) is 131 cm³/mol. The molecule has 182 valence electrons. The summed E-state index contributed by atoms with van der Waals surface area (Å²) in [4.78, 5) is 16.4. The quantitative estimate of drug-likeness (QED) is 0.551. The van der Waals surface area contributed by atoms with Crippen LogP contribution in [0.3, 0.4) is 0 Å². The molecule has 2 aromatic rings. The lowest BCUT2D eigenvalue weighted by molar-refractivity contribution is -0.139. The summed E-state index contributed by atoms with van der Waals surface area (Å²) in [5.41, 5.74) is 2.80. The number of amides is 1. The summed E-state index contributed by atoms with van der Waals surface area (Å²) >= 11 is 0. The number of nitrogens with zero attached hydrogens (tertiary/aromatic N) is 2. The molecule has 9 heteroatoms. The summed E-state index contributed by atoms with van der Waals surface area (Å²) in [5, 5.41) is 3.33. The molecule has 0 unspecified atom stereocenters. The van der Waals surface area contributed by atoms with E-state index in [0.29, 0.717) is 13.1 Å². The molecule has 1 heterocycles. The minimum absolute atomic E-state index is 0. The fraction of sp³-hybridized carbons (Fsp3) is 0.375. The van der Waals surface area contributed by atoms with Crippen LogP contribution >= 0.6 is 24.8 Å². The maximum atomic E-state index is 13.4. The Kier molecular flexibility index (Phi) is 11.4. The van der Waals surface area contributed by atoms with Crippen molar-refractivity contribution in [3.8, 4) is 0 Å². The number of hydrogen-bond donors (Lipinski definition) is 1. The van der Waals surface area contributed by atoms with E-state index in [-0.39, 0.29) is 42.8 Å². The van der Waals surface area contributed by atoms with Crippen molar-refractivity contribution < 1.29 is 18.0 Å². The van der Waals surface area contributed by atoms with Crippen molar-refractivity contribution in [1.82, 2.24) is 15.1 Å². The van der Waals surface area contributed by atoms with Gasteiger partial charge < -0.3 is 15.1 Å². The van der Waals surface area contributed by atoms with Gasteiger partial charge in [0, 0.05) is 32.3 Å². The van der Waals surface area contributed by atoms with E-state index in [0.717, 1.165) is 31.1 Å². The molecule has 0 bridgehead atoms. The summed E-state index contributed by atoms with van der Waals surface area (Å²) in [7, 11) is 3.74. The molecule has 0 aromatic heterocycles. The lowest BCUT2D eigenvalue weighted by Crippen LogP contribution is -2.35. The molecule has 3 rings (SSSR count). The molecule has 4 nitrogen and oxygen atoms in total. The van der Waals surface area contributed by atoms with Gasteiger partial charge in [-0.1, -0.05) is 36.4 Å². The standard InChI is InChI=1S/C24H28F3N3O.2ClH/c1-29(2)14-15-30(17-20-6-3-4-9-22(20)24(25,26)27)23(31)11-10-18-7-5-8-19-16-28-13-12-21(18)19;;/h3-11,28H,12-17H2,1-2H3;2*1H/b11-10+;;. The third-order valence-corrected chi connectivity index (χ3v) is 5.39. The minimum atomic E-state index is -4.46. The number of hydrogen-bond acceptors (Lipinski definition) is 3. The van der Waals surface area contributed by atoms with Crippen LogP contribution in [0.2, 0.25) is 0 Å². The van der Waals surface area contributed by atoms with E-state index in [1.165, 1.54) is 34.2 Å². The number of carbonyl (C=O) groups excluding carboxylic acids is 1. The number of fused-ring (bicyclic) bond motifs is 1. The van der Waals surface area contributed by atoms with E-state index in [9.17, 15) is 18.0 Å². The van der Waals surface area contributed by atoms with E-state index < -0.39 is 11.7 Å². The Labute approximate surface area is 205 Å². The van der Waals surface area contributed by atoms with Crippen molar-refractivity contribution in [2.45, 2.75) is 25.7 Å². The molecule has 1 aliphatic rings. The summed E-state index contributed by atoms with van der Waals surface area (Å²) in [6.45, 7) is 2.48. The molecule has 0 fully saturated rings. The van der Waals surface area contributed by atoms with Gasteiger partial charge >= 0.3 is 6.18 Å². The van der Waals surface area contributed by atoms with Crippen LogP contribution in [0.15, 0.2) is 48.5 Å². The number of benzene rings is 2. The molecular weight excluding hydrogens is 474 g/mol. The number of rotatable bonds is 7. The van der Waals surface area contributed by atoms with Crippen LogP contribution in [-0.2, 0) is 30.5 Å². The third-order valence-electron chi connectivity index (χ3n) is 5.39. The highest BCUT2D eigenvalue weighted by atomic mass is 35.5. The van der Waals surface area contributed by atoms with E-state index in [2.05, 4.69) is 11.4 Å². The van der Waals surface area contributed by atoms with Crippen molar-refractivity contribution in [3.05, 3.63) is 76.4 Å². The van der Waals surface area contributed by atoms with Gasteiger partial charge in [0.15, 0.2) is 0 Å². The Morgan fingerprint density at radius 3 is 2.48 bits per heavy atom. The predicted octanol–water partition coefficient (Wildman–Crippen LogP) is 4.80. The van der Waals surface area contributed by atoms with Crippen LogP contribution in [0.25, 0.3) is 6.08 Å². The normalized spacial score (nSPS) is 13.3. The van der Waals surface area contributed by atoms with E-state index >= 15 is 0 Å². The Hall–Kier alpha value is -2.06. The van der Waals surface area contributed by atoms with Crippen molar-refractivity contribution in [3.63, 3.8) is 0 Å². The monoisotopic (exact) mass is 503 g/mol.